The summed E-state index contributed by atoms with van der Waals surface area (Å²) in [5.74, 6) is 0.813. The van der Waals surface area contributed by atoms with Gasteiger partial charge in [-0.3, -0.25) is 9.69 Å². The summed E-state index contributed by atoms with van der Waals surface area (Å²) in [4.78, 5) is 32.7. The van der Waals surface area contributed by atoms with E-state index in [0.29, 0.717) is 31.0 Å². The number of carbonyl (C=O) groups excluding carboxylic acids is 2. The number of anilines is 1. The quantitative estimate of drug-likeness (QED) is 0.818. The molecule has 0 bridgehead atoms. The van der Waals surface area contributed by atoms with Crippen molar-refractivity contribution in [2.24, 2.45) is 5.92 Å². The first-order valence-electron chi connectivity index (χ1n) is 11.8. The molecule has 2 heterocycles. The fourth-order valence-corrected chi connectivity index (χ4v) is 5.45. The smallest absolute Gasteiger partial charge is 0.321 e. The number of piperidine rings is 1. The van der Waals surface area contributed by atoms with E-state index < -0.39 is 0 Å². The van der Waals surface area contributed by atoms with Crippen LogP contribution in [0.1, 0.15) is 51.9 Å². The molecule has 1 N–H and O–H groups in total. The van der Waals surface area contributed by atoms with Gasteiger partial charge in [0.05, 0.1) is 6.04 Å². The number of nitrogens with zero attached hydrogens (tertiary/aromatic N) is 3. The number of benzene rings is 1. The molecule has 3 fully saturated rings. The van der Waals surface area contributed by atoms with Crippen molar-refractivity contribution >= 4 is 17.6 Å². The molecule has 4 rings (SSSR count). The molecule has 1 aromatic carbocycles. The predicted octanol–water partition coefficient (Wildman–Crippen LogP) is 3.80. The van der Waals surface area contributed by atoms with Gasteiger partial charge in [0.25, 0.3) is 0 Å². The highest BCUT2D eigenvalue weighted by atomic mass is 16.2. The fourth-order valence-electron chi connectivity index (χ4n) is 5.45. The van der Waals surface area contributed by atoms with Crippen LogP contribution >= 0.6 is 0 Å². The van der Waals surface area contributed by atoms with E-state index in [1.807, 2.05) is 35.2 Å². The van der Waals surface area contributed by atoms with Crippen LogP contribution in [0.3, 0.4) is 0 Å². The lowest BCUT2D eigenvalue weighted by Gasteiger charge is -2.44. The standard InChI is InChI=1S/C24H36N4O2/c1-19-9-7-8-14-28(19)23(29)22(20-10-5-6-11-20)26-15-17-27(18-16-26)24(30)25-21-12-3-2-4-13-21/h2-4,12-13,19-20,22H,5-11,14-18H2,1H3,(H,25,30)/t19-,22-/m0/s1. The van der Waals surface area contributed by atoms with Gasteiger partial charge in [-0.05, 0) is 57.1 Å². The number of rotatable bonds is 4. The van der Waals surface area contributed by atoms with Gasteiger partial charge in [-0.15, -0.1) is 0 Å². The number of likely N-dealkylation sites (tertiary alicyclic amines) is 1. The lowest BCUT2D eigenvalue weighted by Crippen LogP contribution is -2.60. The molecule has 0 aromatic heterocycles. The third-order valence-electron chi connectivity index (χ3n) is 7.21. The summed E-state index contributed by atoms with van der Waals surface area (Å²) in [5.41, 5.74) is 0.822. The number of hydrogen-bond donors (Lipinski definition) is 1. The Morgan fingerprint density at radius 3 is 2.23 bits per heavy atom. The van der Waals surface area contributed by atoms with Crippen LogP contribution in [-0.4, -0.2) is 71.4 Å². The van der Waals surface area contributed by atoms with E-state index in [1.165, 1.54) is 19.3 Å². The van der Waals surface area contributed by atoms with Gasteiger partial charge in [-0.25, -0.2) is 4.79 Å². The zero-order chi connectivity index (χ0) is 20.9. The van der Waals surface area contributed by atoms with Gasteiger partial charge in [-0.2, -0.15) is 0 Å². The topological polar surface area (TPSA) is 55.9 Å². The Morgan fingerprint density at radius 1 is 0.900 bits per heavy atom. The Bertz CT molecular complexity index is 711. The highest BCUT2D eigenvalue weighted by Gasteiger charge is 2.40. The first kappa shape index (κ1) is 21.2. The van der Waals surface area contributed by atoms with Gasteiger partial charge in [0.1, 0.15) is 0 Å². The molecular formula is C24H36N4O2. The summed E-state index contributed by atoms with van der Waals surface area (Å²) in [6.45, 7) is 6.00. The van der Waals surface area contributed by atoms with E-state index in [4.69, 9.17) is 0 Å². The van der Waals surface area contributed by atoms with E-state index in [-0.39, 0.29) is 12.1 Å². The Hall–Kier alpha value is -2.08. The lowest BCUT2D eigenvalue weighted by molar-refractivity contribution is -0.143. The lowest BCUT2D eigenvalue weighted by atomic mass is 9.92. The number of piperazine rings is 1. The number of hydrogen-bond acceptors (Lipinski definition) is 3. The van der Waals surface area contributed by atoms with Crippen molar-refractivity contribution in [1.29, 1.82) is 0 Å². The maximum atomic E-state index is 13.6. The molecular weight excluding hydrogens is 376 g/mol. The van der Waals surface area contributed by atoms with Crippen molar-refractivity contribution < 1.29 is 9.59 Å². The van der Waals surface area contributed by atoms with E-state index in [1.54, 1.807) is 0 Å². The molecule has 0 radical (unpaired) electrons. The molecule has 30 heavy (non-hydrogen) atoms. The molecule has 2 saturated heterocycles. The van der Waals surface area contributed by atoms with Crippen molar-refractivity contribution in [3.8, 4) is 0 Å². The number of nitrogens with one attached hydrogen (secondary N) is 1. The molecule has 6 nitrogen and oxygen atoms in total. The van der Waals surface area contributed by atoms with Crippen LogP contribution in [0.4, 0.5) is 10.5 Å². The number of para-hydroxylation sites is 1. The molecule has 0 unspecified atom stereocenters. The van der Waals surface area contributed by atoms with Gasteiger partial charge in [0, 0.05) is 44.5 Å². The van der Waals surface area contributed by atoms with Gasteiger partial charge in [0.15, 0.2) is 0 Å². The molecule has 164 valence electrons. The maximum absolute atomic E-state index is 13.6. The van der Waals surface area contributed by atoms with Crippen LogP contribution < -0.4 is 5.32 Å². The highest BCUT2D eigenvalue weighted by Crippen LogP contribution is 2.33. The zero-order valence-corrected chi connectivity index (χ0v) is 18.3. The highest BCUT2D eigenvalue weighted by molar-refractivity contribution is 5.89. The Balaban J connectivity index is 1.39. The fraction of sp³-hybridized carbons (Fsp3) is 0.667. The Morgan fingerprint density at radius 2 is 1.57 bits per heavy atom. The van der Waals surface area contributed by atoms with E-state index >= 15 is 0 Å². The molecule has 3 amide bonds. The van der Waals surface area contributed by atoms with E-state index in [2.05, 4.69) is 22.0 Å². The minimum atomic E-state index is -0.0470. The summed E-state index contributed by atoms with van der Waals surface area (Å²) in [6, 6.07) is 9.90. The first-order chi connectivity index (χ1) is 14.6. The minimum Gasteiger partial charge on any atom is -0.339 e. The molecule has 2 atom stereocenters. The van der Waals surface area contributed by atoms with Gasteiger partial charge >= 0.3 is 6.03 Å². The number of carbonyl (C=O) groups is 2. The summed E-state index contributed by atoms with van der Waals surface area (Å²) < 4.78 is 0. The molecule has 2 aliphatic heterocycles. The third-order valence-corrected chi connectivity index (χ3v) is 7.21. The molecule has 1 saturated carbocycles. The summed E-state index contributed by atoms with van der Waals surface area (Å²) in [7, 11) is 0. The van der Waals surface area contributed by atoms with Crippen molar-refractivity contribution in [2.75, 3.05) is 38.0 Å². The van der Waals surface area contributed by atoms with Crippen molar-refractivity contribution in [2.45, 2.75) is 64.0 Å². The molecule has 0 spiro atoms. The van der Waals surface area contributed by atoms with Gasteiger partial charge < -0.3 is 15.1 Å². The number of amides is 3. The normalized spacial score (nSPS) is 24.6. The molecule has 1 aliphatic carbocycles. The van der Waals surface area contributed by atoms with E-state index in [0.717, 1.165) is 51.0 Å². The van der Waals surface area contributed by atoms with Crippen LogP contribution in [-0.2, 0) is 4.79 Å². The van der Waals surface area contributed by atoms with E-state index in [9.17, 15) is 9.59 Å². The van der Waals surface area contributed by atoms with Crippen LogP contribution in [0.2, 0.25) is 0 Å². The second-order valence-corrected chi connectivity index (χ2v) is 9.19. The van der Waals surface area contributed by atoms with Crippen LogP contribution in [0, 0.1) is 5.92 Å². The van der Waals surface area contributed by atoms with Crippen LogP contribution in [0.25, 0.3) is 0 Å². The number of urea groups is 1. The average molecular weight is 413 g/mol. The minimum absolute atomic E-state index is 0.00705. The molecule has 3 aliphatic rings. The first-order valence-corrected chi connectivity index (χ1v) is 11.8. The van der Waals surface area contributed by atoms with Crippen molar-refractivity contribution in [3.05, 3.63) is 30.3 Å². The SMILES string of the molecule is C[C@H]1CCCCN1C(=O)[C@H](C1CCCC1)N1CCN(C(=O)Nc2ccccc2)CC1. The second kappa shape index (κ2) is 9.82. The van der Waals surface area contributed by atoms with Crippen molar-refractivity contribution in [1.82, 2.24) is 14.7 Å². The zero-order valence-electron chi connectivity index (χ0n) is 18.3. The summed E-state index contributed by atoms with van der Waals surface area (Å²) in [5, 5.41) is 2.98. The molecule has 6 heteroatoms. The largest absolute Gasteiger partial charge is 0.339 e. The predicted molar refractivity (Wildman–Crippen MR) is 119 cm³/mol. The van der Waals surface area contributed by atoms with Gasteiger partial charge in [0.2, 0.25) is 5.91 Å². The van der Waals surface area contributed by atoms with Crippen LogP contribution in [0.5, 0.6) is 0 Å². The summed E-state index contributed by atoms with van der Waals surface area (Å²) >= 11 is 0. The molecule has 1 aromatic rings. The van der Waals surface area contributed by atoms with Crippen LogP contribution in [0.15, 0.2) is 30.3 Å². The average Bonchev–Trinajstić information content (AvgIpc) is 3.29. The van der Waals surface area contributed by atoms with Gasteiger partial charge in [-0.1, -0.05) is 31.0 Å². The second-order valence-electron chi connectivity index (χ2n) is 9.19. The maximum Gasteiger partial charge on any atom is 0.321 e. The monoisotopic (exact) mass is 412 g/mol. The Kier molecular flexibility index (Phi) is 6.93. The Labute approximate surface area is 180 Å². The third kappa shape index (κ3) is 4.80. The summed E-state index contributed by atoms with van der Waals surface area (Å²) in [6.07, 6.45) is 8.28. The van der Waals surface area contributed by atoms with Crippen molar-refractivity contribution in [3.63, 3.8) is 0 Å².